The van der Waals surface area contributed by atoms with Gasteiger partial charge in [0.15, 0.2) is 0 Å². The second kappa shape index (κ2) is 5.04. The smallest absolute Gasteiger partial charge is 0.0554 e. The maximum absolute atomic E-state index is 3.91. The average Bonchev–Trinajstić information content (AvgIpc) is 1.85. The molecule has 0 aliphatic rings. The number of rotatable bonds is 3. The summed E-state index contributed by atoms with van der Waals surface area (Å²) in [5, 5.41) is 0. The summed E-state index contributed by atoms with van der Waals surface area (Å²) in [6, 6.07) is 0. The molecule has 0 saturated heterocycles. The first-order valence-electron chi connectivity index (χ1n) is 2.78. The van der Waals surface area contributed by atoms with Crippen molar-refractivity contribution in [1.82, 2.24) is 0 Å². The van der Waals surface area contributed by atoms with Crippen molar-refractivity contribution in [3.05, 3.63) is 37.1 Å². The molecule has 0 heterocycles. The van der Waals surface area contributed by atoms with Crippen molar-refractivity contribution < 1.29 is 0 Å². The van der Waals surface area contributed by atoms with Gasteiger partial charge < -0.3 is 0 Å². The van der Waals surface area contributed by atoms with Crippen molar-refractivity contribution in [1.29, 1.82) is 0 Å². The first-order chi connectivity index (χ1) is 4.31. The van der Waals surface area contributed by atoms with Gasteiger partial charge in [-0.2, -0.15) is 0 Å². The molecule has 0 atom stereocenters. The molecule has 0 spiro atoms. The first-order valence-corrected chi connectivity index (χ1v) is 2.78. The summed E-state index contributed by atoms with van der Waals surface area (Å²) in [5.74, 6) is 0. The molecular weight excluding hydrogens is 110 g/mol. The van der Waals surface area contributed by atoms with Crippen LogP contribution in [0.3, 0.4) is 0 Å². The number of nitrogens with zero attached hydrogens (tertiary/aromatic N) is 1. The Balaban J connectivity index is 3.76. The normalized spacial score (nSPS) is 10.8. The molecule has 0 unspecified atom stereocenters. The quantitative estimate of drug-likeness (QED) is 0.401. The Morgan fingerprint density at radius 1 is 1.56 bits per heavy atom. The van der Waals surface area contributed by atoms with Crippen LogP contribution in [-0.2, 0) is 0 Å². The highest BCUT2D eigenvalue weighted by Gasteiger charge is 1.73. The second-order valence-electron chi connectivity index (χ2n) is 1.51. The fourth-order valence-corrected chi connectivity index (χ4v) is 0.384. The average molecular weight is 121 g/mol. The molecule has 1 nitrogen and oxygen atoms in total. The molecule has 0 rings (SSSR count). The minimum atomic E-state index is 0.748. The summed E-state index contributed by atoms with van der Waals surface area (Å²) in [5.41, 5.74) is 0.748. The molecule has 0 aromatic carbocycles. The van der Waals surface area contributed by atoms with E-state index in [0.717, 1.165) is 5.70 Å². The molecule has 0 N–H and O–H groups in total. The van der Waals surface area contributed by atoms with Crippen molar-refractivity contribution in [2.75, 3.05) is 0 Å². The Morgan fingerprint density at radius 3 is 2.67 bits per heavy atom. The molecule has 0 saturated carbocycles. The van der Waals surface area contributed by atoms with E-state index in [1.165, 1.54) is 0 Å². The van der Waals surface area contributed by atoms with Gasteiger partial charge in [0.05, 0.1) is 5.70 Å². The Hall–Kier alpha value is -1.11. The number of hydrogen-bond acceptors (Lipinski definition) is 1. The summed E-state index contributed by atoms with van der Waals surface area (Å²) < 4.78 is 0. The van der Waals surface area contributed by atoms with Crippen molar-refractivity contribution >= 4 is 6.21 Å². The van der Waals surface area contributed by atoms with E-state index >= 15 is 0 Å². The topological polar surface area (TPSA) is 12.4 Å². The zero-order valence-electron chi connectivity index (χ0n) is 5.67. The molecule has 9 heavy (non-hydrogen) atoms. The molecule has 1 heteroatoms. The zero-order valence-corrected chi connectivity index (χ0v) is 5.67. The van der Waals surface area contributed by atoms with Gasteiger partial charge in [-0.3, -0.25) is 4.99 Å². The third kappa shape index (κ3) is 4.75. The van der Waals surface area contributed by atoms with Crippen molar-refractivity contribution in [3.8, 4) is 0 Å². The van der Waals surface area contributed by atoms with E-state index < -0.39 is 0 Å². The van der Waals surface area contributed by atoms with E-state index in [2.05, 4.69) is 18.2 Å². The van der Waals surface area contributed by atoms with Gasteiger partial charge in [0.2, 0.25) is 0 Å². The third-order valence-electron chi connectivity index (χ3n) is 0.705. The van der Waals surface area contributed by atoms with Crippen LogP contribution in [0.2, 0.25) is 0 Å². The van der Waals surface area contributed by atoms with Gasteiger partial charge in [-0.1, -0.05) is 25.3 Å². The largest absolute Gasteiger partial charge is 0.258 e. The SMILES string of the molecule is C=CC=NC(=C)/C=C\C. The minimum absolute atomic E-state index is 0.748. The second-order valence-corrected chi connectivity index (χ2v) is 1.51. The lowest BCUT2D eigenvalue weighted by atomic mass is 10.4. The van der Waals surface area contributed by atoms with Crippen LogP contribution in [0.25, 0.3) is 0 Å². The molecule has 0 aromatic rings. The van der Waals surface area contributed by atoms with Gasteiger partial charge in [0.1, 0.15) is 0 Å². The molecule has 0 aliphatic carbocycles. The van der Waals surface area contributed by atoms with E-state index in [4.69, 9.17) is 0 Å². The number of allylic oxidation sites excluding steroid dienone is 3. The van der Waals surface area contributed by atoms with Crippen LogP contribution in [0.5, 0.6) is 0 Å². The Kier molecular flexibility index (Phi) is 4.41. The van der Waals surface area contributed by atoms with Crippen LogP contribution in [0.15, 0.2) is 42.1 Å². The monoisotopic (exact) mass is 121 g/mol. The van der Waals surface area contributed by atoms with Gasteiger partial charge in [-0.15, -0.1) is 0 Å². The van der Waals surface area contributed by atoms with Gasteiger partial charge in [-0.25, -0.2) is 0 Å². The standard InChI is InChI=1S/C8H11N/c1-4-6-8(3)9-7-5-2/h4-7H,2-3H2,1H3/b6-4-,9-7?. The highest BCUT2D eigenvalue weighted by molar-refractivity contribution is 5.71. The van der Waals surface area contributed by atoms with Gasteiger partial charge in [0.25, 0.3) is 0 Å². The van der Waals surface area contributed by atoms with E-state index in [1.807, 2.05) is 19.1 Å². The predicted octanol–water partition coefficient (Wildman–Crippen LogP) is 2.33. The van der Waals surface area contributed by atoms with Crippen molar-refractivity contribution in [2.24, 2.45) is 4.99 Å². The van der Waals surface area contributed by atoms with Crippen LogP contribution in [0, 0.1) is 0 Å². The molecule has 0 radical (unpaired) electrons. The summed E-state index contributed by atoms with van der Waals surface area (Å²) in [6.45, 7) is 9.05. The van der Waals surface area contributed by atoms with Gasteiger partial charge in [-0.05, 0) is 13.0 Å². The van der Waals surface area contributed by atoms with Crippen LogP contribution in [-0.4, -0.2) is 6.21 Å². The van der Waals surface area contributed by atoms with E-state index in [1.54, 1.807) is 12.3 Å². The van der Waals surface area contributed by atoms with E-state index in [-0.39, 0.29) is 0 Å². The van der Waals surface area contributed by atoms with E-state index in [0.29, 0.717) is 0 Å². The zero-order chi connectivity index (χ0) is 7.11. The van der Waals surface area contributed by atoms with Crippen LogP contribution in [0.4, 0.5) is 0 Å². The lowest BCUT2D eigenvalue weighted by molar-refractivity contribution is 1.44. The molecule has 48 valence electrons. The van der Waals surface area contributed by atoms with E-state index in [9.17, 15) is 0 Å². The molecule has 0 amide bonds. The minimum Gasteiger partial charge on any atom is -0.258 e. The molecule has 0 bridgehead atoms. The lowest BCUT2D eigenvalue weighted by Gasteiger charge is -1.83. The maximum atomic E-state index is 3.91. The lowest BCUT2D eigenvalue weighted by Crippen LogP contribution is -1.67. The Labute approximate surface area is 56.1 Å². The van der Waals surface area contributed by atoms with Crippen molar-refractivity contribution in [3.63, 3.8) is 0 Å². The van der Waals surface area contributed by atoms with Crippen molar-refractivity contribution in [2.45, 2.75) is 6.92 Å². The number of aliphatic imine (C=N–C) groups is 1. The third-order valence-corrected chi connectivity index (χ3v) is 0.705. The van der Waals surface area contributed by atoms with Crippen LogP contribution >= 0.6 is 0 Å². The van der Waals surface area contributed by atoms with Gasteiger partial charge in [0, 0.05) is 6.21 Å². The maximum Gasteiger partial charge on any atom is 0.0554 e. The molecule has 0 aliphatic heterocycles. The fourth-order valence-electron chi connectivity index (χ4n) is 0.384. The summed E-state index contributed by atoms with van der Waals surface area (Å²) in [7, 11) is 0. The molecular formula is C8H11N. The summed E-state index contributed by atoms with van der Waals surface area (Å²) in [4.78, 5) is 3.91. The summed E-state index contributed by atoms with van der Waals surface area (Å²) >= 11 is 0. The molecule has 0 aromatic heterocycles. The van der Waals surface area contributed by atoms with Crippen LogP contribution < -0.4 is 0 Å². The Bertz CT molecular complexity index is 152. The Morgan fingerprint density at radius 2 is 2.22 bits per heavy atom. The predicted molar refractivity (Wildman–Crippen MR) is 42.6 cm³/mol. The number of hydrogen-bond donors (Lipinski definition) is 0. The van der Waals surface area contributed by atoms with Crippen LogP contribution in [0.1, 0.15) is 6.92 Å². The fraction of sp³-hybridized carbons (Fsp3) is 0.125. The highest BCUT2D eigenvalue weighted by Crippen LogP contribution is 1.91. The summed E-state index contributed by atoms with van der Waals surface area (Å²) in [6.07, 6.45) is 6.96. The first kappa shape index (κ1) is 7.89. The molecule has 0 fully saturated rings. The highest BCUT2D eigenvalue weighted by atomic mass is 14.7. The van der Waals surface area contributed by atoms with Gasteiger partial charge >= 0.3 is 0 Å².